The summed E-state index contributed by atoms with van der Waals surface area (Å²) in [5, 5.41) is 0. The lowest BCUT2D eigenvalue weighted by Gasteiger charge is -2.41. The van der Waals surface area contributed by atoms with Crippen LogP contribution in [0, 0.1) is 0 Å². The molecule has 0 saturated heterocycles. The predicted molar refractivity (Wildman–Crippen MR) is 90.3 cm³/mol. The van der Waals surface area contributed by atoms with Crippen molar-refractivity contribution in [3.05, 3.63) is 71.8 Å². The topological polar surface area (TPSA) is 55.5 Å². The first-order valence-electron chi connectivity index (χ1n) is 7.72. The molecule has 1 aliphatic rings. The van der Waals surface area contributed by atoms with Crippen LogP contribution < -0.4 is 5.50 Å². The average molecular weight is 315 g/mol. The van der Waals surface area contributed by atoms with E-state index in [0.29, 0.717) is 0 Å². The Morgan fingerprint density at radius 1 is 0.909 bits per heavy atom. The second-order valence-electron chi connectivity index (χ2n) is 5.92. The second kappa shape index (κ2) is 6.89. The molecule has 1 unspecified atom stereocenters. The van der Waals surface area contributed by atoms with Gasteiger partial charge in [0.25, 0.3) is 0 Å². The van der Waals surface area contributed by atoms with E-state index in [1.54, 1.807) is 0 Å². The Morgan fingerprint density at radius 3 is 1.77 bits per heavy atom. The SMILES string of the molecule is NP(O)OC1CCC(c2ccccc2)(c2ccccc2)CC1. The monoisotopic (exact) mass is 315 g/mol. The maximum absolute atomic E-state index is 9.29. The third kappa shape index (κ3) is 3.23. The highest BCUT2D eigenvalue weighted by Crippen LogP contribution is 2.46. The Hall–Kier alpha value is -1.25. The van der Waals surface area contributed by atoms with Gasteiger partial charge >= 0.3 is 0 Å². The highest BCUT2D eigenvalue weighted by Gasteiger charge is 2.38. The van der Waals surface area contributed by atoms with Crippen LogP contribution in [0.2, 0.25) is 0 Å². The molecule has 0 spiro atoms. The quantitative estimate of drug-likeness (QED) is 0.835. The average Bonchev–Trinajstić information content (AvgIpc) is 2.57. The molecule has 1 fully saturated rings. The van der Waals surface area contributed by atoms with Gasteiger partial charge in [-0.3, -0.25) is 5.50 Å². The maximum Gasteiger partial charge on any atom is 0.250 e. The molecule has 116 valence electrons. The summed E-state index contributed by atoms with van der Waals surface area (Å²) in [5.74, 6) is 0. The van der Waals surface area contributed by atoms with Crippen molar-refractivity contribution >= 4 is 8.53 Å². The van der Waals surface area contributed by atoms with Crippen molar-refractivity contribution in [2.75, 3.05) is 0 Å². The van der Waals surface area contributed by atoms with Crippen LogP contribution in [-0.4, -0.2) is 11.0 Å². The summed E-state index contributed by atoms with van der Waals surface area (Å²) in [6, 6.07) is 21.4. The first kappa shape index (κ1) is 15.6. The molecule has 0 aliphatic heterocycles. The van der Waals surface area contributed by atoms with Crippen molar-refractivity contribution in [1.29, 1.82) is 0 Å². The summed E-state index contributed by atoms with van der Waals surface area (Å²) in [6.07, 6.45) is 3.92. The smallest absolute Gasteiger partial charge is 0.250 e. The molecule has 4 heteroatoms. The van der Waals surface area contributed by atoms with Crippen molar-refractivity contribution in [1.82, 2.24) is 0 Å². The Morgan fingerprint density at radius 2 is 1.36 bits per heavy atom. The van der Waals surface area contributed by atoms with Gasteiger partial charge in [-0.25, -0.2) is 0 Å². The molecule has 1 atom stereocenters. The van der Waals surface area contributed by atoms with Gasteiger partial charge in [0.1, 0.15) is 0 Å². The Bertz CT molecular complexity index is 539. The van der Waals surface area contributed by atoms with Gasteiger partial charge in [0.05, 0.1) is 6.10 Å². The zero-order valence-corrected chi connectivity index (χ0v) is 13.5. The third-order valence-electron chi connectivity index (χ3n) is 4.70. The van der Waals surface area contributed by atoms with E-state index in [1.807, 2.05) is 0 Å². The molecule has 2 aromatic rings. The molecule has 1 saturated carbocycles. The van der Waals surface area contributed by atoms with Crippen LogP contribution in [0.4, 0.5) is 0 Å². The van der Waals surface area contributed by atoms with Crippen molar-refractivity contribution in [3.8, 4) is 0 Å². The normalized spacial score (nSPS) is 19.7. The summed E-state index contributed by atoms with van der Waals surface area (Å²) in [6.45, 7) is 0. The summed E-state index contributed by atoms with van der Waals surface area (Å²) in [4.78, 5) is 9.29. The van der Waals surface area contributed by atoms with Crippen LogP contribution in [0.1, 0.15) is 36.8 Å². The Kier molecular flexibility index (Phi) is 4.90. The van der Waals surface area contributed by atoms with E-state index in [1.165, 1.54) is 11.1 Å². The minimum atomic E-state index is -1.76. The lowest BCUT2D eigenvalue weighted by Crippen LogP contribution is -2.35. The van der Waals surface area contributed by atoms with Crippen LogP contribution in [-0.2, 0) is 9.94 Å². The molecule has 0 amide bonds. The first-order valence-corrected chi connectivity index (χ1v) is 9.00. The van der Waals surface area contributed by atoms with Crippen molar-refractivity contribution < 1.29 is 9.42 Å². The van der Waals surface area contributed by atoms with E-state index < -0.39 is 8.53 Å². The highest BCUT2D eigenvalue weighted by molar-refractivity contribution is 7.43. The molecule has 1 aliphatic carbocycles. The molecule has 0 aromatic heterocycles. The zero-order valence-electron chi connectivity index (χ0n) is 12.6. The summed E-state index contributed by atoms with van der Waals surface area (Å²) in [7, 11) is -1.76. The lowest BCUT2D eigenvalue weighted by molar-refractivity contribution is 0.129. The molecule has 3 nitrogen and oxygen atoms in total. The van der Waals surface area contributed by atoms with E-state index in [0.717, 1.165) is 25.7 Å². The maximum atomic E-state index is 9.29. The van der Waals surface area contributed by atoms with Crippen LogP contribution in [0.15, 0.2) is 60.7 Å². The number of hydrogen-bond donors (Lipinski definition) is 2. The van der Waals surface area contributed by atoms with Gasteiger partial charge in [0, 0.05) is 5.41 Å². The summed E-state index contributed by atoms with van der Waals surface area (Å²) < 4.78 is 5.45. The van der Waals surface area contributed by atoms with Crippen LogP contribution >= 0.6 is 8.53 Å². The molecule has 0 bridgehead atoms. The van der Waals surface area contributed by atoms with Gasteiger partial charge in [-0.2, -0.15) is 0 Å². The largest absolute Gasteiger partial charge is 0.338 e. The number of rotatable bonds is 4. The Labute approximate surface area is 133 Å². The van der Waals surface area contributed by atoms with E-state index in [2.05, 4.69) is 60.7 Å². The van der Waals surface area contributed by atoms with E-state index in [4.69, 9.17) is 10.0 Å². The first-order chi connectivity index (χ1) is 10.7. The fourth-order valence-corrected chi connectivity index (χ4v) is 4.12. The fourth-order valence-electron chi connectivity index (χ4n) is 3.60. The van der Waals surface area contributed by atoms with Crippen LogP contribution in [0.25, 0.3) is 0 Å². The summed E-state index contributed by atoms with van der Waals surface area (Å²) >= 11 is 0. The molecular weight excluding hydrogens is 293 g/mol. The van der Waals surface area contributed by atoms with Gasteiger partial charge in [0.2, 0.25) is 8.53 Å². The van der Waals surface area contributed by atoms with Crippen LogP contribution in [0.3, 0.4) is 0 Å². The number of nitrogens with two attached hydrogens (primary N) is 1. The van der Waals surface area contributed by atoms with E-state index >= 15 is 0 Å². The van der Waals surface area contributed by atoms with Crippen LogP contribution in [0.5, 0.6) is 0 Å². The number of hydrogen-bond acceptors (Lipinski definition) is 3. The van der Waals surface area contributed by atoms with Gasteiger partial charge in [-0.15, -0.1) is 0 Å². The molecule has 22 heavy (non-hydrogen) atoms. The molecular formula is C18H22NO2P. The van der Waals surface area contributed by atoms with Crippen molar-refractivity contribution in [2.24, 2.45) is 5.50 Å². The molecule has 3 N–H and O–H groups in total. The minimum Gasteiger partial charge on any atom is -0.338 e. The van der Waals surface area contributed by atoms with Gasteiger partial charge in [0.15, 0.2) is 0 Å². The van der Waals surface area contributed by atoms with Crippen molar-refractivity contribution in [3.63, 3.8) is 0 Å². The van der Waals surface area contributed by atoms with E-state index in [-0.39, 0.29) is 11.5 Å². The van der Waals surface area contributed by atoms with Gasteiger partial charge in [-0.1, -0.05) is 60.7 Å². The lowest BCUT2D eigenvalue weighted by atomic mass is 9.65. The standard InChI is InChI=1S/C18H22NO2P/c19-22(20)21-17-11-13-18(14-12-17,15-7-3-1-4-8-15)16-9-5-2-6-10-16/h1-10,17,20H,11-14,19H2. The molecule has 3 rings (SSSR count). The molecule has 2 aromatic carbocycles. The summed E-state index contributed by atoms with van der Waals surface area (Å²) in [5.41, 5.74) is 8.17. The van der Waals surface area contributed by atoms with Gasteiger partial charge < -0.3 is 9.42 Å². The minimum absolute atomic E-state index is 0.0369. The third-order valence-corrected chi connectivity index (χ3v) is 5.21. The molecule has 0 heterocycles. The molecule has 0 radical (unpaired) electrons. The number of benzene rings is 2. The van der Waals surface area contributed by atoms with Gasteiger partial charge in [-0.05, 0) is 36.8 Å². The highest BCUT2D eigenvalue weighted by atomic mass is 31.2. The zero-order chi connectivity index (χ0) is 15.4. The Balaban J connectivity index is 1.90. The van der Waals surface area contributed by atoms with Crippen molar-refractivity contribution in [2.45, 2.75) is 37.2 Å². The van der Waals surface area contributed by atoms with E-state index in [9.17, 15) is 4.89 Å². The predicted octanol–water partition coefficient (Wildman–Crippen LogP) is 4.11. The fraction of sp³-hybridized carbons (Fsp3) is 0.333. The second-order valence-corrected chi connectivity index (χ2v) is 6.74.